The van der Waals surface area contributed by atoms with Gasteiger partial charge in [-0.05, 0) is 23.8 Å². The van der Waals surface area contributed by atoms with Crippen molar-refractivity contribution in [3.8, 4) is 0 Å². The first-order valence-corrected chi connectivity index (χ1v) is 5.75. The van der Waals surface area contributed by atoms with Gasteiger partial charge in [-0.2, -0.15) is 5.10 Å². The number of carbonyl (C=O) groups is 1. The molecular weight excluding hydrogens is 230 g/mol. The van der Waals surface area contributed by atoms with Gasteiger partial charge in [0.1, 0.15) is 0 Å². The van der Waals surface area contributed by atoms with E-state index in [2.05, 4.69) is 10.4 Å². The molecule has 5 nitrogen and oxygen atoms in total. The fraction of sp³-hybridized carbons (Fsp3) is 0.231. The Hall–Kier alpha value is -2.14. The van der Waals surface area contributed by atoms with E-state index in [0.717, 1.165) is 5.56 Å². The summed E-state index contributed by atoms with van der Waals surface area (Å²) in [5, 5.41) is 15.4. The highest BCUT2D eigenvalue weighted by Crippen LogP contribution is 2.06. The van der Waals surface area contributed by atoms with Crippen molar-refractivity contribution in [3.63, 3.8) is 0 Å². The Labute approximate surface area is 105 Å². The quantitative estimate of drug-likeness (QED) is 0.813. The standard InChI is InChI=1S/C13H15N3O2/c17-9-7-14-13(18)12-4-2-11(3-5-12)10-16-8-1-6-15-16/h1-6,8,17H,7,9-10H2,(H,14,18). The Bertz CT molecular complexity index is 491. The van der Waals surface area contributed by atoms with Crippen LogP contribution in [0.3, 0.4) is 0 Å². The second-order valence-electron chi connectivity index (χ2n) is 3.88. The summed E-state index contributed by atoms with van der Waals surface area (Å²) in [7, 11) is 0. The second-order valence-corrected chi connectivity index (χ2v) is 3.88. The maximum absolute atomic E-state index is 11.6. The average Bonchev–Trinajstić information content (AvgIpc) is 2.89. The van der Waals surface area contributed by atoms with Gasteiger partial charge in [-0.3, -0.25) is 9.48 Å². The minimum absolute atomic E-state index is 0.0525. The first kappa shape index (κ1) is 12.3. The van der Waals surface area contributed by atoms with Crippen LogP contribution in [-0.4, -0.2) is 33.9 Å². The number of benzene rings is 1. The molecule has 1 aromatic heterocycles. The summed E-state index contributed by atoms with van der Waals surface area (Å²) >= 11 is 0. The smallest absolute Gasteiger partial charge is 0.251 e. The molecule has 0 radical (unpaired) electrons. The van der Waals surface area contributed by atoms with Crippen LogP contribution in [0.2, 0.25) is 0 Å². The van der Waals surface area contributed by atoms with Gasteiger partial charge in [-0.25, -0.2) is 0 Å². The molecule has 94 valence electrons. The number of aliphatic hydroxyl groups is 1. The van der Waals surface area contributed by atoms with E-state index in [-0.39, 0.29) is 19.1 Å². The zero-order chi connectivity index (χ0) is 12.8. The van der Waals surface area contributed by atoms with Gasteiger partial charge >= 0.3 is 0 Å². The molecule has 2 N–H and O–H groups in total. The number of nitrogens with one attached hydrogen (secondary N) is 1. The highest BCUT2D eigenvalue weighted by Gasteiger charge is 2.04. The van der Waals surface area contributed by atoms with Crippen molar-refractivity contribution in [2.24, 2.45) is 0 Å². The van der Waals surface area contributed by atoms with Gasteiger partial charge in [0.2, 0.25) is 0 Å². The van der Waals surface area contributed by atoms with Crippen LogP contribution in [0.15, 0.2) is 42.7 Å². The summed E-state index contributed by atoms with van der Waals surface area (Å²) in [5.74, 6) is -0.172. The largest absolute Gasteiger partial charge is 0.395 e. The molecule has 5 heteroatoms. The van der Waals surface area contributed by atoms with E-state index < -0.39 is 0 Å². The fourth-order valence-electron chi connectivity index (χ4n) is 1.61. The van der Waals surface area contributed by atoms with Crippen molar-refractivity contribution in [2.75, 3.05) is 13.2 Å². The lowest BCUT2D eigenvalue weighted by Gasteiger charge is -2.05. The van der Waals surface area contributed by atoms with Crippen LogP contribution in [0.1, 0.15) is 15.9 Å². The van der Waals surface area contributed by atoms with E-state index in [0.29, 0.717) is 12.1 Å². The van der Waals surface area contributed by atoms with Gasteiger partial charge in [0.15, 0.2) is 0 Å². The number of aromatic nitrogens is 2. The molecule has 0 aliphatic rings. The molecule has 0 fully saturated rings. The number of amides is 1. The minimum Gasteiger partial charge on any atom is -0.395 e. The topological polar surface area (TPSA) is 67.2 Å². The molecule has 0 atom stereocenters. The van der Waals surface area contributed by atoms with Crippen LogP contribution in [-0.2, 0) is 6.54 Å². The van der Waals surface area contributed by atoms with Gasteiger partial charge < -0.3 is 10.4 Å². The van der Waals surface area contributed by atoms with E-state index >= 15 is 0 Å². The lowest BCUT2D eigenvalue weighted by Crippen LogP contribution is -2.26. The van der Waals surface area contributed by atoms with Crippen molar-refractivity contribution < 1.29 is 9.90 Å². The van der Waals surface area contributed by atoms with Crippen LogP contribution in [0.5, 0.6) is 0 Å². The third-order valence-corrected chi connectivity index (χ3v) is 2.52. The van der Waals surface area contributed by atoms with E-state index in [1.807, 2.05) is 29.1 Å². The van der Waals surface area contributed by atoms with Gasteiger partial charge in [0.05, 0.1) is 13.2 Å². The molecule has 0 saturated carbocycles. The molecule has 2 aromatic rings. The highest BCUT2D eigenvalue weighted by atomic mass is 16.3. The second kappa shape index (κ2) is 5.97. The Morgan fingerprint density at radius 3 is 2.72 bits per heavy atom. The number of rotatable bonds is 5. The van der Waals surface area contributed by atoms with Crippen molar-refractivity contribution in [3.05, 3.63) is 53.9 Å². The number of carbonyl (C=O) groups excluding carboxylic acids is 1. The minimum atomic E-state index is -0.172. The van der Waals surface area contributed by atoms with Crippen LogP contribution in [0.25, 0.3) is 0 Å². The predicted octanol–water partition coefficient (Wildman–Crippen LogP) is 0.653. The fourth-order valence-corrected chi connectivity index (χ4v) is 1.61. The van der Waals surface area contributed by atoms with E-state index in [1.54, 1.807) is 18.3 Å². The molecule has 0 bridgehead atoms. The molecule has 2 rings (SSSR count). The normalized spacial score (nSPS) is 10.3. The monoisotopic (exact) mass is 245 g/mol. The predicted molar refractivity (Wildman–Crippen MR) is 67.2 cm³/mol. The molecule has 0 spiro atoms. The Morgan fingerprint density at radius 2 is 2.11 bits per heavy atom. The van der Waals surface area contributed by atoms with Crippen LogP contribution >= 0.6 is 0 Å². The van der Waals surface area contributed by atoms with Crippen LogP contribution < -0.4 is 5.32 Å². The van der Waals surface area contributed by atoms with Crippen molar-refractivity contribution in [1.29, 1.82) is 0 Å². The average molecular weight is 245 g/mol. The molecule has 1 amide bonds. The molecular formula is C13H15N3O2. The van der Waals surface area contributed by atoms with Gasteiger partial charge in [-0.1, -0.05) is 12.1 Å². The summed E-state index contributed by atoms with van der Waals surface area (Å²) in [4.78, 5) is 11.6. The highest BCUT2D eigenvalue weighted by molar-refractivity contribution is 5.94. The van der Waals surface area contributed by atoms with Crippen molar-refractivity contribution in [2.45, 2.75) is 6.54 Å². The Kier molecular flexibility index (Phi) is 4.09. The molecule has 0 aliphatic carbocycles. The van der Waals surface area contributed by atoms with Crippen molar-refractivity contribution in [1.82, 2.24) is 15.1 Å². The van der Waals surface area contributed by atoms with Gasteiger partial charge in [0.25, 0.3) is 5.91 Å². The summed E-state index contributed by atoms with van der Waals surface area (Å²) in [6, 6.07) is 9.21. The Morgan fingerprint density at radius 1 is 1.33 bits per heavy atom. The molecule has 1 aromatic carbocycles. The first-order chi connectivity index (χ1) is 8.79. The summed E-state index contributed by atoms with van der Waals surface area (Å²) in [6.45, 7) is 0.905. The van der Waals surface area contributed by atoms with E-state index in [4.69, 9.17) is 5.11 Å². The third-order valence-electron chi connectivity index (χ3n) is 2.52. The molecule has 0 unspecified atom stereocenters. The zero-order valence-electron chi connectivity index (χ0n) is 9.91. The van der Waals surface area contributed by atoms with Crippen LogP contribution in [0.4, 0.5) is 0 Å². The number of hydrogen-bond donors (Lipinski definition) is 2. The molecule has 18 heavy (non-hydrogen) atoms. The van der Waals surface area contributed by atoms with Gasteiger partial charge in [-0.15, -0.1) is 0 Å². The number of aliphatic hydroxyl groups excluding tert-OH is 1. The number of hydrogen-bond acceptors (Lipinski definition) is 3. The maximum Gasteiger partial charge on any atom is 0.251 e. The lowest BCUT2D eigenvalue weighted by molar-refractivity contribution is 0.0945. The van der Waals surface area contributed by atoms with Crippen LogP contribution in [0, 0.1) is 0 Å². The summed E-state index contributed by atoms with van der Waals surface area (Å²) in [5.41, 5.74) is 1.67. The lowest BCUT2D eigenvalue weighted by atomic mass is 10.1. The van der Waals surface area contributed by atoms with E-state index in [9.17, 15) is 4.79 Å². The molecule has 1 heterocycles. The maximum atomic E-state index is 11.6. The molecule has 0 saturated heterocycles. The number of nitrogens with zero attached hydrogens (tertiary/aromatic N) is 2. The SMILES string of the molecule is O=C(NCCO)c1ccc(Cn2cccn2)cc1. The molecule has 0 aliphatic heterocycles. The van der Waals surface area contributed by atoms with Gasteiger partial charge in [0, 0.05) is 24.5 Å². The van der Waals surface area contributed by atoms with E-state index in [1.165, 1.54) is 0 Å². The Balaban J connectivity index is 1.99. The third kappa shape index (κ3) is 3.18. The summed E-state index contributed by atoms with van der Waals surface area (Å²) in [6.07, 6.45) is 3.62. The summed E-state index contributed by atoms with van der Waals surface area (Å²) < 4.78 is 1.82. The zero-order valence-corrected chi connectivity index (χ0v) is 9.91. The van der Waals surface area contributed by atoms with Crippen molar-refractivity contribution >= 4 is 5.91 Å². The first-order valence-electron chi connectivity index (χ1n) is 5.75.